The molecule has 2 aromatic rings. The quantitative estimate of drug-likeness (QED) is 0.821. The van der Waals surface area contributed by atoms with Gasteiger partial charge in [0.25, 0.3) is 0 Å². The van der Waals surface area contributed by atoms with Crippen molar-refractivity contribution < 1.29 is 0 Å². The molecule has 0 saturated carbocycles. The smallest absolute Gasteiger partial charge is 0.171 e. The zero-order chi connectivity index (χ0) is 12.1. The van der Waals surface area contributed by atoms with Crippen molar-refractivity contribution in [1.29, 1.82) is 0 Å². The fourth-order valence-corrected chi connectivity index (χ4v) is 1.67. The van der Waals surface area contributed by atoms with Crippen molar-refractivity contribution in [2.75, 3.05) is 5.32 Å². The highest BCUT2D eigenvalue weighted by Crippen LogP contribution is 2.22. The van der Waals surface area contributed by atoms with Crippen LogP contribution in [0.25, 0.3) is 0 Å². The maximum absolute atomic E-state index is 3.99. The first-order valence-corrected chi connectivity index (χ1v) is 5.66. The standard InChI is InChI=1S/C11H16N6/c1-8(2)7-10(11-14-16-17-15-11)13-9-3-5-12-6-4-9/h3-6,8,10H,7H2,1-2H3,(H,12,13)(H,14,15,16,17). The number of nitrogens with zero attached hydrogens (tertiary/aromatic N) is 4. The van der Waals surface area contributed by atoms with Gasteiger partial charge in [0.1, 0.15) is 0 Å². The molecule has 0 spiro atoms. The second kappa shape index (κ2) is 5.38. The number of H-pyrrole nitrogens is 1. The molecule has 0 aliphatic rings. The summed E-state index contributed by atoms with van der Waals surface area (Å²) < 4.78 is 0. The lowest BCUT2D eigenvalue weighted by Crippen LogP contribution is -2.15. The molecule has 2 heterocycles. The average Bonchev–Trinajstić information content (AvgIpc) is 2.82. The Hall–Kier alpha value is -1.98. The summed E-state index contributed by atoms with van der Waals surface area (Å²) in [6.07, 6.45) is 4.47. The first kappa shape index (κ1) is 11.5. The lowest BCUT2D eigenvalue weighted by atomic mass is 10.0. The molecule has 2 rings (SSSR count). The van der Waals surface area contributed by atoms with E-state index in [1.807, 2.05) is 12.1 Å². The Morgan fingerprint density at radius 3 is 2.65 bits per heavy atom. The van der Waals surface area contributed by atoms with E-state index in [-0.39, 0.29) is 6.04 Å². The maximum Gasteiger partial charge on any atom is 0.171 e. The summed E-state index contributed by atoms with van der Waals surface area (Å²) in [7, 11) is 0. The Kier molecular flexibility index (Phi) is 3.64. The van der Waals surface area contributed by atoms with Gasteiger partial charge in [-0.25, -0.2) is 5.10 Å². The van der Waals surface area contributed by atoms with Gasteiger partial charge < -0.3 is 5.32 Å². The number of anilines is 1. The van der Waals surface area contributed by atoms with Crippen LogP contribution in [-0.2, 0) is 0 Å². The second-order valence-corrected chi connectivity index (χ2v) is 4.35. The van der Waals surface area contributed by atoms with Crippen LogP contribution in [-0.4, -0.2) is 25.6 Å². The highest BCUT2D eigenvalue weighted by atomic mass is 15.5. The summed E-state index contributed by atoms with van der Waals surface area (Å²) in [5.74, 6) is 1.31. The summed E-state index contributed by atoms with van der Waals surface area (Å²) in [4.78, 5) is 3.99. The third-order valence-corrected chi connectivity index (χ3v) is 2.42. The molecule has 0 aliphatic carbocycles. The van der Waals surface area contributed by atoms with Gasteiger partial charge in [-0.2, -0.15) is 0 Å². The van der Waals surface area contributed by atoms with E-state index in [0.29, 0.717) is 5.92 Å². The Morgan fingerprint density at radius 1 is 1.29 bits per heavy atom. The van der Waals surface area contributed by atoms with Crippen LogP contribution in [0.4, 0.5) is 5.69 Å². The van der Waals surface area contributed by atoms with Crippen LogP contribution >= 0.6 is 0 Å². The van der Waals surface area contributed by atoms with Gasteiger partial charge in [0.15, 0.2) is 5.82 Å². The third-order valence-electron chi connectivity index (χ3n) is 2.42. The second-order valence-electron chi connectivity index (χ2n) is 4.35. The average molecular weight is 232 g/mol. The van der Waals surface area contributed by atoms with E-state index in [2.05, 4.69) is 44.8 Å². The summed E-state index contributed by atoms with van der Waals surface area (Å²) in [5, 5.41) is 17.4. The van der Waals surface area contributed by atoms with Crippen LogP contribution in [0.15, 0.2) is 24.5 Å². The number of nitrogens with one attached hydrogen (secondary N) is 2. The van der Waals surface area contributed by atoms with E-state index in [1.165, 1.54) is 0 Å². The Bertz CT molecular complexity index is 424. The summed E-state index contributed by atoms with van der Waals surface area (Å²) in [6, 6.07) is 3.95. The molecule has 6 nitrogen and oxygen atoms in total. The normalized spacial score (nSPS) is 12.6. The molecule has 0 saturated heterocycles. The van der Waals surface area contributed by atoms with Gasteiger partial charge in [0.2, 0.25) is 0 Å². The SMILES string of the molecule is CC(C)CC(Nc1ccncc1)c1nnn[nH]1. The Balaban J connectivity index is 2.11. The molecule has 2 N–H and O–H groups in total. The summed E-state index contributed by atoms with van der Waals surface area (Å²) in [6.45, 7) is 4.34. The minimum atomic E-state index is 0.0902. The Morgan fingerprint density at radius 2 is 2.06 bits per heavy atom. The fraction of sp³-hybridized carbons (Fsp3) is 0.455. The first-order valence-electron chi connectivity index (χ1n) is 5.66. The molecule has 0 aliphatic heterocycles. The van der Waals surface area contributed by atoms with Crippen molar-refractivity contribution in [3.05, 3.63) is 30.4 Å². The predicted octanol–water partition coefficient (Wildman–Crippen LogP) is 1.79. The number of aromatic nitrogens is 5. The molecule has 0 aromatic carbocycles. The number of rotatable bonds is 5. The lowest BCUT2D eigenvalue weighted by Gasteiger charge is -2.18. The summed E-state index contributed by atoms with van der Waals surface area (Å²) in [5.41, 5.74) is 1.02. The lowest BCUT2D eigenvalue weighted by molar-refractivity contribution is 0.515. The van der Waals surface area contributed by atoms with Gasteiger partial charge in [-0.15, -0.1) is 5.10 Å². The van der Waals surface area contributed by atoms with E-state index < -0.39 is 0 Å². The number of aromatic amines is 1. The van der Waals surface area contributed by atoms with E-state index in [9.17, 15) is 0 Å². The fourth-order valence-electron chi connectivity index (χ4n) is 1.67. The first-order chi connectivity index (χ1) is 8.25. The molecule has 0 radical (unpaired) electrons. The third kappa shape index (κ3) is 3.24. The molecule has 6 heteroatoms. The van der Waals surface area contributed by atoms with Crippen LogP contribution in [0.5, 0.6) is 0 Å². The van der Waals surface area contributed by atoms with Crippen molar-refractivity contribution in [1.82, 2.24) is 25.6 Å². The zero-order valence-electron chi connectivity index (χ0n) is 9.96. The number of pyridine rings is 1. The molecule has 17 heavy (non-hydrogen) atoms. The number of hydrogen-bond acceptors (Lipinski definition) is 5. The van der Waals surface area contributed by atoms with Gasteiger partial charge in [-0.1, -0.05) is 13.8 Å². The van der Waals surface area contributed by atoms with Crippen LogP contribution < -0.4 is 5.32 Å². The number of tetrazole rings is 1. The van der Waals surface area contributed by atoms with Crippen molar-refractivity contribution in [2.24, 2.45) is 5.92 Å². The highest BCUT2D eigenvalue weighted by Gasteiger charge is 2.16. The molecule has 1 atom stereocenters. The van der Waals surface area contributed by atoms with E-state index >= 15 is 0 Å². The van der Waals surface area contributed by atoms with Crippen molar-refractivity contribution >= 4 is 5.69 Å². The minimum absolute atomic E-state index is 0.0902. The molecule has 2 aromatic heterocycles. The van der Waals surface area contributed by atoms with Gasteiger partial charge >= 0.3 is 0 Å². The zero-order valence-corrected chi connectivity index (χ0v) is 9.96. The van der Waals surface area contributed by atoms with E-state index in [4.69, 9.17) is 0 Å². The molecule has 90 valence electrons. The molecule has 0 fully saturated rings. The van der Waals surface area contributed by atoms with Crippen LogP contribution in [0.3, 0.4) is 0 Å². The largest absolute Gasteiger partial charge is 0.375 e. The predicted molar refractivity (Wildman–Crippen MR) is 64.2 cm³/mol. The Labute approximate surface area is 99.9 Å². The van der Waals surface area contributed by atoms with Crippen molar-refractivity contribution in [2.45, 2.75) is 26.3 Å². The molecule has 0 amide bonds. The minimum Gasteiger partial charge on any atom is -0.375 e. The van der Waals surface area contributed by atoms with Gasteiger partial charge in [0, 0.05) is 18.1 Å². The number of hydrogen-bond donors (Lipinski definition) is 2. The maximum atomic E-state index is 3.99. The molecular weight excluding hydrogens is 216 g/mol. The van der Waals surface area contributed by atoms with Crippen LogP contribution in [0.2, 0.25) is 0 Å². The van der Waals surface area contributed by atoms with Gasteiger partial charge in [0.05, 0.1) is 6.04 Å². The van der Waals surface area contributed by atoms with Crippen LogP contribution in [0, 0.1) is 5.92 Å². The van der Waals surface area contributed by atoms with E-state index in [1.54, 1.807) is 12.4 Å². The molecule has 0 bridgehead atoms. The van der Waals surface area contributed by atoms with Crippen LogP contribution in [0.1, 0.15) is 32.1 Å². The molecule has 1 unspecified atom stereocenters. The van der Waals surface area contributed by atoms with Crippen molar-refractivity contribution in [3.8, 4) is 0 Å². The topological polar surface area (TPSA) is 79.4 Å². The van der Waals surface area contributed by atoms with Gasteiger partial charge in [-0.05, 0) is 34.9 Å². The van der Waals surface area contributed by atoms with Crippen molar-refractivity contribution in [3.63, 3.8) is 0 Å². The van der Waals surface area contributed by atoms with E-state index in [0.717, 1.165) is 17.9 Å². The highest BCUT2D eigenvalue weighted by molar-refractivity contribution is 5.42. The summed E-state index contributed by atoms with van der Waals surface area (Å²) >= 11 is 0. The molecular formula is C11H16N6. The van der Waals surface area contributed by atoms with Gasteiger partial charge in [-0.3, -0.25) is 4.98 Å². The monoisotopic (exact) mass is 232 g/mol.